The molecule has 0 bridgehead atoms. The van der Waals surface area contributed by atoms with Gasteiger partial charge in [0.2, 0.25) is 0 Å². The van der Waals surface area contributed by atoms with Gasteiger partial charge in [-0.2, -0.15) is 0 Å². The average molecular weight is 718 g/mol. The van der Waals surface area contributed by atoms with Crippen molar-refractivity contribution >= 4 is 21.9 Å². The smallest absolute Gasteiger partial charge is 0.193 e. The third kappa shape index (κ3) is 9.23. The van der Waals surface area contributed by atoms with Gasteiger partial charge in [0.05, 0.1) is 56.0 Å². The van der Waals surface area contributed by atoms with Crippen LogP contribution in [0.15, 0.2) is 128 Å². The number of halogens is 1. The second-order valence-electron chi connectivity index (χ2n) is 12.1. The maximum Gasteiger partial charge on any atom is 0.193 e. The Labute approximate surface area is 303 Å². The summed E-state index contributed by atoms with van der Waals surface area (Å²) in [7, 11) is 0. The molecule has 0 fully saturated rings. The van der Waals surface area contributed by atoms with Gasteiger partial charge in [0.25, 0.3) is 0 Å². The van der Waals surface area contributed by atoms with E-state index in [0.717, 1.165) is 29.8 Å². The van der Waals surface area contributed by atoms with Crippen molar-refractivity contribution in [3.8, 4) is 34.1 Å². The molecular weight excluding hydrogens is 681 g/mol. The summed E-state index contributed by atoms with van der Waals surface area (Å²) in [5.41, 5.74) is 2.90. The summed E-state index contributed by atoms with van der Waals surface area (Å²) in [4.78, 5) is 24.8. The number of ether oxygens (including phenoxy) is 4. The third-order valence-corrected chi connectivity index (χ3v) is 8.37. The van der Waals surface area contributed by atoms with Gasteiger partial charge < -0.3 is 27.8 Å². The van der Waals surface area contributed by atoms with Gasteiger partial charge in [0.15, 0.2) is 10.9 Å². The van der Waals surface area contributed by atoms with Crippen molar-refractivity contribution in [3.05, 3.63) is 141 Å². The first-order valence-corrected chi connectivity index (χ1v) is 17.3. The second kappa shape index (κ2) is 16.9. The van der Waals surface area contributed by atoms with E-state index in [-0.39, 0.29) is 16.2 Å². The van der Waals surface area contributed by atoms with Crippen molar-refractivity contribution in [3.63, 3.8) is 0 Å². The summed E-state index contributed by atoms with van der Waals surface area (Å²) < 4.78 is 49.9. The predicted octanol–water partition coefficient (Wildman–Crippen LogP) is 7.09. The summed E-state index contributed by atoms with van der Waals surface area (Å²) in [5, 5.41) is 9.19. The van der Waals surface area contributed by atoms with Crippen LogP contribution in [0.3, 0.4) is 0 Å². The maximum atomic E-state index is 13.5. The Morgan fingerprint density at radius 2 is 1.23 bits per heavy atom. The highest BCUT2D eigenvalue weighted by molar-refractivity contribution is 5.79. The lowest BCUT2D eigenvalue weighted by atomic mass is 10.1. The minimum absolute atomic E-state index is 0.0717. The minimum Gasteiger partial charge on any atom is -0.494 e. The van der Waals surface area contributed by atoms with Gasteiger partial charge in [-0.05, 0) is 91.7 Å². The van der Waals surface area contributed by atoms with Crippen LogP contribution in [-0.2, 0) is 22.4 Å². The van der Waals surface area contributed by atoms with E-state index in [9.17, 15) is 14.0 Å². The third-order valence-electron chi connectivity index (χ3n) is 8.37. The quantitative estimate of drug-likeness (QED) is 0.0901. The zero-order chi connectivity index (χ0) is 36.4. The molecule has 4 aromatic carbocycles. The number of aromatic nitrogens is 3. The van der Waals surface area contributed by atoms with E-state index >= 15 is 0 Å². The lowest BCUT2D eigenvalue weighted by molar-refractivity contribution is 0.0333. The van der Waals surface area contributed by atoms with Crippen molar-refractivity contribution in [2.45, 2.75) is 19.4 Å². The highest BCUT2D eigenvalue weighted by Crippen LogP contribution is 2.26. The van der Waals surface area contributed by atoms with Gasteiger partial charge in [-0.25, -0.2) is 9.07 Å². The number of nitrogens with zero attached hydrogens (tertiary/aromatic N) is 3. The molecule has 0 spiro atoms. The Hall–Kier alpha value is -6.11. The average Bonchev–Trinajstić information content (AvgIpc) is 3.64. The van der Waals surface area contributed by atoms with Crippen molar-refractivity contribution in [2.75, 3.05) is 39.6 Å². The van der Waals surface area contributed by atoms with Crippen molar-refractivity contribution in [1.29, 1.82) is 0 Å². The van der Waals surface area contributed by atoms with Gasteiger partial charge in [-0.3, -0.25) is 9.59 Å². The van der Waals surface area contributed by atoms with Gasteiger partial charge in [-0.15, -0.1) is 5.10 Å². The van der Waals surface area contributed by atoms with Crippen LogP contribution in [0.2, 0.25) is 0 Å². The molecule has 12 heteroatoms. The summed E-state index contributed by atoms with van der Waals surface area (Å²) >= 11 is 0. The van der Waals surface area contributed by atoms with Crippen molar-refractivity contribution < 1.29 is 32.2 Å². The Balaban J connectivity index is 0.736. The van der Waals surface area contributed by atoms with Crippen molar-refractivity contribution in [2.24, 2.45) is 0 Å². The lowest BCUT2D eigenvalue weighted by Crippen LogP contribution is -2.13. The van der Waals surface area contributed by atoms with Crippen LogP contribution in [0.25, 0.3) is 44.6 Å². The van der Waals surface area contributed by atoms with E-state index in [1.165, 1.54) is 30.3 Å². The molecule has 0 amide bonds. The number of hydrogen-bond donors (Lipinski definition) is 0. The number of benzene rings is 4. The van der Waals surface area contributed by atoms with Crippen LogP contribution in [0.1, 0.15) is 12.1 Å². The van der Waals surface area contributed by atoms with Crippen LogP contribution in [0.5, 0.6) is 11.5 Å². The van der Waals surface area contributed by atoms with E-state index < -0.39 is 5.82 Å². The fraction of sp³-hybridized carbons (Fsp3) is 0.220. The lowest BCUT2D eigenvalue weighted by Gasteiger charge is -2.09. The molecule has 0 aliphatic rings. The molecule has 3 aromatic heterocycles. The first-order chi connectivity index (χ1) is 26.0. The van der Waals surface area contributed by atoms with E-state index in [4.69, 9.17) is 27.8 Å². The van der Waals surface area contributed by atoms with E-state index in [1.54, 1.807) is 41.1 Å². The van der Waals surface area contributed by atoms with Crippen molar-refractivity contribution in [1.82, 2.24) is 15.0 Å². The molecule has 53 heavy (non-hydrogen) atoms. The monoisotopic (exact) mass is 717 g/mol. The fourth-order valence-corrected chi connectivity index (χ4v) is 5.65. The predicted molar refractivity (Wildman–Crippen MR) is 197 cm³/mol. The Morgan fingerprint density at radius 3 is 1.94 bits per heavy atom. The summed E-state index contributed by atoms with van der Waals surface area (Å²) in [5.74, 6) is 1.82. The molecule has 0 saturated carbocycles. The normalized spacial score (nSPS) is 11.3. The molecule has 0 saturated heterocycles. The van der Waals surface area contributed by atoms with Crippen LogP contribution in [-0.4, -0.2) is 54.6 Å². The molecule has 0 aliphatic carbocycles. The zero-order valence-electron chi connectivity index (χ0n) is 28.7. The molecule has 0 radical (unpaired) electrons. The van der Waals surface area contributed by atoms with Crippen LogP contribution in [0.4, 0.5) is 4.39 Å². The molecule has 7 aromatic rings. The number of rotatable bonds is 17. The maximum absolute atomic E-state index is 13.5. The minimum atomic E-state index is -0.484. The number of aryl methyl sites for hydroxylation is 1. The fourth-order valence-electron chi connectivity index (χ4n) is 5.65. The second-order valence-corrected chi connectivity index (χ2v) is 12.1. The molecule has 0 atom stereocenters. The van der Waals surface area contributed by atoms with Crippen LogP contribution < -0.4 is 20.3 Å². The first-order valence-electron chi connectivity index (χ1n) is 17.3. The number of para-hydroxylation sites is 1. The Morgan fingerprint density at radius 1 is 0.623 bits per heavy atom. The van der Waals surface area contributed by atoms with Gasteiger partial charge in [0.1, 0.15) is 46.6 Å². The van der Waals surface area contributed by atoms with E-state index in [0.29, 0.717) is 85.6 Å². The topological polar surface area (TPSA) is 128 Å². The van der Waals surface area contributed by atoms with Gasteiger partial charge in [-0.1, -0.05) is 17.3 Å². The Kier molecular flexibility index (Phi) is 11.3. The summed E-state index contributed by atoms with van der Waals surface area (Å²) in [6, 6.07) is 28.6. The van der Waals surface area contributed by atoms with E-state index in [1.807, 2.05) is 42.6 Å². The molecule has 0 N–H and O–H groups in total. The highest BCUT2D eigenvalue weighted by atomic mass is 19.1. The number of fused-ring (bicyclic) bond motifs is 2. The number of hydrogen-bond acceptors (Lipinski definition) is 10. The van der Waals surface area contributed by atoms with Gasteiger partial charge >= 0.3 is 0 Å². The SMILES string of the molecule is O=c1cc(-c2ccc(OCCCc3cn(CCOCCOCCOc4ccc(-c5cc(=O)c6cc(F)ccc6o5)cc4)nn3)cc2)oc2ccccc12. The molecule has 0 aliphatic heterocycles. The van der Waals surface area contributed by atoms with E-state index in [2.05, 4.69) is 10.3 Å². The Bertz CT molecular complexity index is 2410. The molecule has 7 rings (SSSR count). The molecule has 270 valence electrons. The van der Waals surface area contributed by atoms with Crippen LogP contribution >= 0.6 is 0 Å². The zero-order valence-corrected chi connectivity index (χ0v) is 28.7. The summed E-state index contributed by atoms with van der Waals surface area (Å²) in [6.45, 7) is 3.20. The van der Waals surface area contributed by atoms with Gasteiger partial charge in [0, 0.05) is 29.5 Å². The largest absolute Gasteiger partial charge is 0.494 e. The molecule has 11 nitrogen and oxygen atoms in total. The van der Waals surface area contributed by atoms with Crippen LogP contribution in [0, 0.1) is 5.82 Å². The molecule has 3 heterocycles. The summed E-state index contributed by atoms with van der Waals surface area (Å²) in [6.07, 6.45) is 3.42. The molecule has 0 unspecified atom stereocenters. The first kappa shape index (κ1) is 35.3. The molecular formula is C41H36FN3O8. The highest BCUT2D eigenvalue weighted by Gasteiger charge is 2.10. The standard InChI is InChI=1S/C41H36FN3O8/c42-30-11-16-39-35(24-30)37(47)26-41(53-39)29-9-14-33(15-10-29)51-23-22-49-21-20-48-19-17-45-27-31(43-44-45)4-3-18-50-32-12-7-28(8-13-32)40-25-36(46)34-5-1-2-6-38(34)52-40/h1-2,5-16,24-27H,3-4,17-23H2.